The normalized spacial score (nSPS) is 23.4. The molecule has 2 N–H and O–H groups in total. The van der Waals surface area contributed by atoms with Gasteiger partial charge >= 0.3 is 5.97 Å². The fourth-order valence-corrected chi connectivity index (χ4v) is 3.71. The third-order valence-electron chi connectivity index (χ3n) is 4.95. The summed E-state index contributed by atoms with van der Waals surface area (Å²) in [5.74, 6) is -1.23. The fraction of sp³-hybridized carbons (Fsp3) is 0.875. The summed E-state index contributed by atoms with van der Waals surface area (Å²) >= 11 is 0. The van der Waals surface area contributed by atoms with Crippen molar-refractivity contribution in [3.8, 4) is 0 Å². The number of nitrogens with one attached hydrogen (secondary N) is 1. The van der Waals surface area contributed by atoms with Crippen LogP contribution in [-0.4, -0.2) is 59.8 Å². The molecule has 0 bridgehead atoms. The lowest BCUT2D eigenvalue weighted by Gasteiger charge is -2.43. The van der Waals surface area contributed by atoms with Crippen LogP contribution in [0, 0.1) is 5.92 Å². The molecule has 2 aliphatic rings. The van der Waals surface area contributed by atoms with Crippen LogP contribution in [0.3, 0.4) is 0 Å². The summed E-state index contributed by atoms with van der Waals surface area (Å²) < 4.78 is 5.42. The van der Waals surface area contributed by atoms with Crippen LogP contribution in [-0.2, 0) is 14.3 Å². The van der Waals surface area contributed by atoms with Crippen molar-refractivity contribution in [3.05, 3.63) is 0 Å². The largest absolute Gasteiger partial charge is 0.480 e. The molecule has 0 aromatic heterocycles. The molecule has 6 nitrogen and oxygen atoms in total. The number of rotatable bonds is 6. The van der Waals surface area contributed by atoms with Gasteiger partial charge in [0.25, 0.3) is 0 Å². The topological polar surface area (TPSA) is 78.9 Å². The van der Waals surface area contributed by atoms with Crippen LogP contribution in [0.2, 0.25) is 0 Å². The molecular formula is C16H28N2O4. The number of carboxylic acids is 1. The smallest absolute Gasteiger partial charge is 0.326 e. The highest BCUT2D eigenvalue weighted by Gasteiger charge is 2.42. The summed E-state index contributed by atoms with van der Waals surface area (Å²) in [5.41, 5.74) is -0.103. The molecule has 2 fully saturated rings. The second kappa shape index (κ2) is 7.42. The van der Waals surface area contributed by atoms with Gasteiger partial charge in [0.15, 0.2) is 0 Å². The molecule has 1 saturated heterocycles. The van der Waals surface area contributed by atoms with Crippen molar-refractivity contribution in [2.75, 3.05) is 26.3 Å². The summed E-state index contributed by atoms with van der Waals surface area (Å²) in [6.45, 7) is 6.78. The van der Waals surface area contributed by atoms with Crippen molar-refractivity contribution in [1.82, 2.24) is 10.2 Å². The van der Waals surface area contributed by atoms with E-state index in [0.717, 1.165) is 38.8 Å². The Morgan fingerprint density at radius 3 is 2.32 bits per heavy atom. The number of hydrogen-bond acceptors (Lipinski definition) is 4. The van der Waals surface area contributed by atoms with Gasteiger partial charge in [-0.2, -0.15) is 0 Å². The van der Waals surface area contributed by atoms with Crippen molar-refractivity contribution in [2.45, 2.75) is 57.5 Å². The van der Waals surface area contributed by atoms with E-state index in [1.54, 1.807) is 0 Å². The maximum absolute atomic E-state index is 12.4. The van der Waals surface area contributed by atoms with Crippen LogP contribution in [0.25, 0.3) is 0 Å². The van der Waals surface area contributed by atoms with Crippen molar-refractivity contribution < 1.29 is 19.4 Å². The molecule has 126 valence electrons. The maximum Gasteiger partial charge on any atom is 0.326 e. The standard InChI is InChI=1S/C16H28N2O4/c1-12(2)14(15(20)21)17-13(19)11-16(5-3-4-6-16)18-7-9-22-10-8-18/h12,14H,3-11H2,1-2H3,(H,17,19)(H,20,21)/t14-/m0/s1. The molecule has 6 heteroatoms. The second-order valence-electron chi connectivity index (χ2n) is 6.84. The van der Waals surface area contributed by atoms with Gasteiger partial charge in [0.05, 0.1) is 13.2 Å². The SMILES string of the molecule is CC(C)[C@H](NC(=O)CC1(N2CCOCC2)CCCC1)C(=O)O. The molecule has 22 heavy (non-hydrogen) atoms. The van der Waals surface area contributed by atoms with E-state index in [-0.39, 0.29) is 17.4 Å². The van der Waals surface area contributed by atoms with Gasteiger partial charge in [-0.05, 0) is 18.8 Å². The van der Waals surface area contributed by atoms with Gasteiger partial charge in [0.2, 0.25) is 5.91 Å². The summed E-state index contributed by atoms with van der Waals surface area (Å²) in [7, 11) is 0. The van der Waals surface area contributed by atoms with E-state index in [0.29, 0.717) is 19.6 Å². The summed E-state index contributed by atoms with van der Waals surface area (Å²) in [6, 6.07) is -0.810. The van der Waals surface area contributed by atoms with Crippen LogP contribution in [0.15, 0.2) is 0 Å². The van der Waals surface area contributed by atoms with E-state index in [1.165, 1.54) is 0 Å². The third kappa shape index (κ3) is 3.98. The second-order valence-corrected chi connectivity index (χ2v) is 6.84. The van der Waals surface area contributed by atoms with Gasteiger partial charge < -0.3 is 15.2 Å². The molecule has 1 saturated carbocycles. The van der Waals surface area contributed by atoms with Crippen LogP contribution >= 0.6 is 0 Å². The zero-order chi connectivity index (χ0) is 16.2. The lowest BCUT2D eigenvalue weighted by Crippen LogP contribution is -2.55. The molecular weight excluding hydrogens is 284 g/mol. The van der Waals surface area contributed by atoms with E-state index < -0.39 is 12.0 Å². The van der Waals surface area contributed by atoms with Gasteiger partial charge in [0.1, 0.15) is 6.04 Å². The van der Waals surface area contributed by atoms with E-state index >= 15 is 0 Å². The number of morpholine rings is 1. The lowest BCUT2D eigenvalue weighted by molar-refractivity contribution is -0.143. The number of carboxylic acid groups (broad SMARTS) is 1. The van der Waals surface area contributed by atoms with Crippen molar-refractivity contribution in [3.63, 3.8) is 0 Å². The Balaban J connectivity index is 2.01. The van der Waals surface area contributed by atoms with Gasteiger partial charge in [-0.25, -0.2) is 4.79 Å². The number of carbonyl (C=O) groups excluding carboxylic acids is 1. The highest BCUT2D eigenvalue weighted by molar-refractivity contribution is 5.84. The number of aliphatic carboxylic acids is 1. The minimum Gasteiger partial charge on any atom is -0.480 e. The Labute approximate surface area is 132 Å². The van der Waals surface area contributed by atoms with E-state index in [4.69, 9.17) is 4.74 Å². The molecule has 0 aromatic carbocycles. The zero-order valence-electron chi connectivity index (χ0n) is 13.6. The molecule has 2 rings (SSSR count). The van der Waals surface area contributed by atoms with E-state index in [9.17, 15) is 14.7 Å². The molecule has 0 aromatic rings. The quantitative estimate of drug-likeness (QED) is 0.771. The number of hydrogen-bond donors (Lipinski definition) is 2. The molecule has 1 heterocycles. The van der Waals surface area contributed by atoms with Crippen LogP contribution in [0.1, 0.15) is 46.0 Å². The average Bonchev–Trinajstić information content (AvgIpc) is 2.95. The molecule has 0 spiro atoms. The first-order chi connectivity index (χ1) is 10.4. The highest BCUT2D eigenvalue weighted by atomic mass is 16.5. The molecule has 0 unspecified atom stereocenters. The van der Waals surface area contributed by atoms with Gasteiger partial charge in [0, 0.05) is 25.0 Å². The molecule has 1 aliphatic carbocycles. The Morgan fingerprint density at radius 2 is 1.82 bits per heavy atom. The van der Waals surface area contributed by atoms with Crippen molar-refractivity contribution >= 4 is 11.9 Å². The first-order valence-electron chi connectivity index (χ1n) is 8.29. The summed E-state index contributed by atoms with van der Waals surface area (Å²) in [4.78, 5) is 26.1. The molecule has 1 atom stereocenters. The molecule has 1 aliphatic heterocycles. The lowest BCUT2D eigenvalue weighted by atomic mass is 9.89. The Bertz CT molecular complexity index is 399. The Morgan fingerprint density at radius 1 is 1.23 bits per heavy atom. The summed E-state index contributed by atoms with van der Waals surface area (Å²) in [5, 5.41) is 11.9. The fourth-order valence-electron chi connectivity index (χ4n) is 3.71. The minimum absolute atomic E-state index is 0.103. The van der Waals surface area contributed by atoms with Crippen molar-refractivity contribution in [1.29, 1.82) is 0 Å². The maximum atomic E-state index is 12.4. The number of nitrogens with zero attached hydrogens (tertiary/aromatic N) is 1. The number of amides is 1. The van der Waals surface area contributed by atoms with Crippen LogP contribution < -0.4 is 5.32 Å². The Kier molecular flexibility index (Phi) is 5.81. The molecule has 1 amide bonds. The van der Waals surface area contributed by atoms with E-state index in [1.807, 2.05) is 13.8 Å². The minimum atomic E-state index is -0.963. The average molecular weight is 312 g/mol. The van der Waals surface area contributed by atoms with Crippen LogP contribution in [0.4, 0.5) is 0 Å². The van der Waals surface area contributed by atoms with E-state index in [2.05, 4.69) is 10.2 Å². The first-order valence-corrected chi connectivity index (χ1v) is 8.29. The number of carbonyl (C=O) groups is 2. The van der Waals surface area contributed by atoms with Crippen LogP contribution in [0.5, 0.6) is 0 Å². The molecule has 0 radical (unpaired) electrons. The Hall–Kier alpha value is -1.14. The van der Waals surface area contributed by atoms with Gasteiger partial charge in [-0.15, -0.1) is 0 Å². The monoisotopic (exact) mass is 312 g/mol. The van der Waals surface area contributed by atoms with Crippen molar-refractivity contribution in [2.24, 2.45) is 5.92 Å². The third-order valence-corrected chi connectivity index (χ3v) is 4.95. The van der Waals surface area contributed by atoms with Gasteiger partial charge in [-0.3, -0.25) is 9.69 Å². The first kappa shape index (κ1) is 17.2. The summed E-state index contributed by atoms with van der Waals surface area (Å²) in [6.07, 6.45) is 4.69. The predicted molar refractivity (Wildman–Crippen MR) is 82.6 cm³/mol. The highest BCUT2D eigenvalue weighted by Crippen LogP contribution is 2.38. The predicted octanol–water partition coefficient (Wildman–Crippen LogP) is 1.25. The van der Waals surface area contributed by atoms with Gasteiger partial charge in [-0.1, -0.05) is 26.7 Å². The zero-order valence-corrected chi connectivity index (χ0v) is 13.6. The number of ether oxygens (including phenoxy) is 1.